The summed E-state index contributed by atoms with van der Waals surface area (Å²) >= 11 is 0. The van der Waals surface area contributed by atoms with Gasteiger partial charge in [0.15, 0.2) is 0 Å². The van der Waals surface area contributed by atoms with Crippen molar-refractivity contribution in [3.63, 3.8) is 0 Å². The third kappa shape index (κ3) is 7.77. The summed E-state index contributed by atoms with van der Waals surface area (Å²) < 4.78 is 12.8. The van der Waals surface area contributed by atoms with E-state index in [9.17, 15) is 14.0 Å². The number of nitrogens with zero attached hydrogens (tertiary/aromatic N) is 2. The van der Waals surface area contributed by atoms with E-state index in [2.05, 4.69) is 17.1 Å². The lowest BCUT2D eigenvalue weighted by Crippen LogP contribution is -2.56. The Labute approximate surface area is 218 Å². The van der Waals surface area contributed by atoms with E-state index in [0.717, 1.165) is 45.4 Å². The number of carbonyl (C=O) groups is 2. The van der Waals surface area contributed by atoms with E-state index in [1.807, 2.05) is 37.8 Å². The number of benzene rings is 1. The number of amides is 2. The maximum absolute atomic E-state index is 13.0. The second-order valence-electron chi connectivity index (χ2n) is 12.1. The number of hydrogen-bond acceptors (Lipinski definition) is 3. The summed E-state index contributed by atoms with van der Waals surface area (Å²) in [5.41, 5.74) is 0.836. The van der Waals surface area contributed by atoms with Crippen molar-refractivity contribution in [3.05, 3.63) is 35.6 Å². The number of rotatable bonds is 5. The normalized spacial score (nSPS) is 23.4. The molecule has 4 rings (SSSR count). The van der Waals surface area contributed by atoms with E-state index >= 15 is 0 Å². The molecule has 1 atom stereocenters. The highest BCUT2D eigenvalue weighted by atomic mass is 19.1. The smallest absolute Gasteiger partial charge is 0.227 e. The van der Waals surface area contributed by atoms with Gasteiger partial charge in [0, 0.05) is 25.2 Å². The molecule has 3 fully saturated rings. The lowest BCUT2D eigenvalue weighted by atomic mass is 9.63. The van der Waals surface area contributed by atoms with Crippen LogP contribution in [0.5, 0.6) is 0 Å². The first-order chi connectivity index (χ1) is 17.2. The van der Waals surface area contributed by atoms with Crippen molar-refractivity contribution in [2.45, 2.75) is 96.9 Å². The van der Waals surface area contributed by atoms with Crippen molar-refractivity contribution in [2.75, 3.05) is 32.7 Å². The molecule has 0 radical (unpaired) electrons. The fourth-order valence-electron chi connectivity index (χ4n) is 6.32. The van der Waals surface area contributed by atoms with E-state index in [1.54, 1.807) is 12.1 Å². The van der Waals surface area contributed by atoms with Crippen LogP contribution in [0.2, 0.25) is 0 Å². The largest absolute Gasteiger partial charge is 0.351 e. The Bertz CT molecular complexity index is 822. The number of piperidine rings is 2. The van der Waals surface area contributed by atoms with Gasteiger partial charge in [-0.05, 0) is 102 Å². The molecule has 0 spiro atoms. The van der Waals surface area contributed by atoms with Crippen LogP contribution in [0.4, 0.5) is 4.39 Å². The van der Waals surface area contributed by atoms with E-state index < -0.39 is 0 Å². The highest BCUT2D eigenvalue weighted by molar-refractivity contribution is 5.84. The van der Waals surface area contributed by atoms with Crippen LogP contribution in [-0.2, 0) is 9.59 Å². The first-order valence-electron chi connectivity index (χ1n) is 14.2. The Balaban J connectivity index is 0.000000212. The highest BCUT2D eigenvalue weighted by Gasteiger charge is 2.48. The van der Waals surface area contributed by atoms with Gasteiger partial charge in [-0.15, -0.1) is 0 Å². The van der Waals surface area contributed by atoms with Crippen molar-refractivity contribution in [3.8, 4) is 0 Å². The van der Waals surface area contributed by atoms with Gasteiger partial charge in [0.1, 0.15) is 5.82 Å². The Morgan fingerprint density at radius 3 is 2.22 bits per heavy atom. The van der Waals surface area contributed by atoms with Crippen molar-refractivity contribution in [2.24, 2.45) is 11.3 Å². The summed E-state index contributed by atoms with van der Waals surface area (Å²) in [5.74, 6) is 1.16. The topological polar surface area (TPSA) is 52.7 Å². The molecule has 0 unspecified atom stereocenters. The lowest BCUT2D eigenvalue weighted by molar-refractivity contribution is -0.143. The molecule has 1 aliphatic carbocycles. The Kier molecular flexibility index (Phi) is 10.4. The number of halogens is 1. The van der Waals surface area contributed by atoms with Crippen LogP contribution in [-0.4, -0.2) is 60.4 Å². The second-order valence-corrected chi connectivity index (χ2v) is 12.1. The fraction of sp³-hybridized carbons (Fsp3) is 0.733. The number of hydrogen-bond donors (Lipinski definition) is 1. The second kappa shape index (κ2) is 13.0. The highest BCUT2D eigenvalue weighted by Crippen LogP contribution is 2.46. The Morgan fingerprint density at radius 1 is 1.03 bits per heavy atom. The van der Waals surface area contributed by atoms with Crippen LogP contribution in [0.3, 0.4) is 0 Å². The summed E-state index contributed by atoms with van der Waals surface area (Å²) in [6.45, 7) is 13.2. The molecule has 1 saturated carbocycles. The molecule has 36 heavy (non-hydrogen) atoms. The molecule has 1 aromatic carbocycles. The van der Waals surface area contributed by atoms with Crippen LogP contribution in [0, 0.1) is 17.2 Å². The van der Waals surface area contributed by atoms with Gasteiger partial charge in [-0.1, -0.05) is 38.3 Å². The number of nitrogens with one attached hydrogen (secondary N) is 1. The molecular formula is C30H48FN3O2. The summed E-state index contributed by atoms with van der Waals surface area (Å²) in [7, 11) is 0. The molecule has 2 heterocycles. The van der Waals surface area contributed by atoms with Crippen LogP contribution in [0.1, 0.15) is 97.0 Å². The molecular weight excluding hydrogens is 453 g/mol. The van der Waals surface area contributed by atoms with Gasteiger partial charge in [-0.3, -0.25) is 9.59 Å². The lowest BCUT2D eigenvalue weighted by Gasteiger charge is -2.47. The van der Waals surface area contributed by atoms with Crippen molar-refractivity contribution in [1.29, 1.82) is 0 Å². The molecule has 0 bridgehead atoms. The molecule has 0 aromatic heterocycles. The minimum atomic E-state index is -0.257. The van der Waals surface area contributed by atoms with Crippen LogP contribution >= 0.6 is 0 Å². The van der Waals surface area contributed by atoms with Crippen molar-refractivity contribution < 1.29 is 14.0 Å². The third-order valence-corrected chi connectivity index (χ3v) is 8.46. The van der Waals surface area contributed by atoms with Crippen LogP contribution in [0.15, 0.2) is 24.3 Å². The Hall–Kier alpha value is -1.95. The van der Waals surface area contributed by atoms with Crippen molar-refractivity contribution >= 4 is 12.3 Å². The van der Waals surface area contributed by atoms with Crippen LogP contribution < -0.4 is 5.32 Å². The quantitative estimate of drug-likeness (QED) is 0.523. The zero-order valence-electron chi connectivity index (χ0n) is 23.0. The van der Waals surface area contributed by atoms with E-state index in [-0.39, 0.29) is 22.7 Å². The minimum absolute atomic E-state index is 0.137. The number of carbonyl (C=O) groups excluding carboxylic acids is 2. The SMILES string of the molecule is CC(C)(C)NC(=O)C1(C2CCCCC2)CCN(C=O)CC1.CCN1CCC[C@H](c2ccc(F)cc2)C1. The Morgan fingerprint density at radius 2 is 1.67 bits per heavy atom. The standard InChI is InChI=1S/C17H30N2O2.C13H18FN/c1-16(2,3)18-15(21)17(14-7-5-4-6-8-14)9-11-19(13-20)12-10-17;1-2-15-9-3-4-12(10-15)11-5-7-13(14)8-6-11/h13-14H,4-12H2,1-3H3,(H,18,21);5-8,12H,2-4,9-10H2,1H3/t;12-/m.0/s1. The average molecular weight is 502 g/mol. The zero-order chi connectivity index (χ0) is 26.2. The predicted octanol–water partition coefficient (Wildman–Crippen LogP) is 5.75. The molecule has 2 saturated heterocycles. The van der Waals surface area contributed by atoms with Crippen molar-refractivity contribution in [1.82, 2.24) is 15.1 Å². The third-order valence-electron chi connectivity index (χ3n) is 8.46. The van der Waals surface area contributed by atoms with E-state index in [0.29, 0.717) is 11.8 Å². The van der Waals surface area contributed by atoms with E-state index in [1.165, 1.54) is 57.1 Å². The summed E-state index contributed by atoms with van der Waals surface area (Å²) in [4.78, 5) is 28.3. The van der Waals surface area contributed by atoms with Gasteiger partial charge in [-0.2, -0.15) is 0 Å². The predicted molar refractivity (Wildman–Crippen MR) is 144 cm³/mol. The molecule has 1 N–H and O–H groups in total. The fourth-order valence-corrected chi connectivity index (χ4v) is 6.32. The average Bonchev–Trinajstić information content (AvgIpc) is 2.89. The maximum Gasteiger partial charge on any atom is 0.227 e. The minimum Gasteiger partial charge on any atom is -0.351 e. The molecule has 2 amide bonds. The first kappa shape index (κ1) is 28.6. The molecule has 202 valence electrons. The summed E-state index contributed by atoms with van der Waals surface area (Å²) in [6, 6.07) is 7.00. The zero-order valence-corrected chi connectivity index (χ0v) is 23.0. The molecule has 2 aliphatic heterocycles. The summed E-state index contributed by atoms with van der Waals surface area (Å²) in [5, 5.41) is 3.21. The number of likely N-dealkylation sites (N-methyl/N-ethyl adjacent to an activating group) is 1. The summed E-state index contributed by atoms with van der Waals surface area (Å²) in [6.07, 6.45) is 11.2. The van der Waals surface area contributed by atoms with E-state index in [4.69, 9.17) is 0 Å². The van der Waals surface area contributed by atoms with Gasteiger partial charge in [0.2, 0.25) is 12.3 Å². The van der Waals surface area contributed by atoms with Gasteiger partial charge in [0.05, 0.1) is 5.41 Å². The molecule has 5 nitrogen and oxygen atoms in total. The molecule has 1 aromatic rings. The first-order valence-corrected chi connectivity index (χ1v) is 14.2. The van der Waals surface area contributed by atoms with Gasteiger partial charge >= 0.3 is 0 Å². The number of likely N-dealkylation sites (tertiary alicyclic amines) is 2. The maximum atomic E-state index is 13.0. The molecule has 6 heteroatoms. The monoisotopic (exact) mass is 501 g/mol. The van der Waals surface area contributed by atoms with Gasteiger partial charge < -0.3 is 15.1 Å². The van der Waals surface area contributed by atoms with Gasteiger partial charge in [-0.25, -0.2) is 4.39 Å². The van der Waals surface area contributed by atoms with Gasteiger partial charge in [0.25, 0.3) is 0 Å². The molecule has 3 aliphatic rings. The van der Waals surface area contributed by atoms with Crippen LogP contribution in [0.25, 0.3) is 0 Å².